The van der Waals surface area contributed by atoms with Crippen LogP contribution in [0.15, 0.2) is 30.3 Å². The highest BCUT2D eigenvalue weighted by Crippen LogP contribution is 2.58. The van der Waals surface area contributed by atoms with Crippen LogP contribution in [0.25, 0.3) is 0 Å². The highest BCUT2D eigenvalue weighted by atomic mass is 35.5. The van der Waals surface area contributed by atoms with Crippen molar-refractivity contribution in [2.24, 2.45) is 11.3 Å². The molecule has 2 aromatic rings. The van der Waals surface area contributed by atoms with Gasteiger partial charge in [0, 0.05) is 55.3 Å². The van der Waals surface area contributed by atoms with E-state index in [4.69, 9.17) is 11.6 Å². The third kappa shape index (κ3) is 5.72. The number of hydrogen-bond donors (Lipinski definition) is 1. The van der Waals surface area contributed by atoms with Crippen molar-refractivity contribution in [2.45, 2.75) is 90.5 Å². The minimum absolute atomic E-state index is 0.0354. The van der Waals surface area contributed by atoms with Crippen LogP contribution in [-0.2, 0) is 15.0 Å². The van der Waals surface area contributed by atoms with Gasteiger partial charge in [-0.2, -0.15) is 0 Å². The molecule has 0 unspecified atom stereocenters. The molecule has 1 spiro atoms. The van der Waals surface area contributed by atoms with Gasteiger partial charge in [-0.25, -0.2) is 8.78 Å². The quantitative estimate of drug-likeness (QED) is 0.397. The van der Waals surface area contributed by atoms with Crippen molar-refractivity contribution in [3.05, 3.63) is 69.2 Å². The third-order valence-electron chi connectivity index (χ3n) is 10.6. The minimum Gasteiger partial charge on any atom is -0.356 e. The molecule has 2 fully saturated rings. The summed E-state index contributed by atoms with van der Waals surface area (Å²) in [4.78, 5) is 31.6. The van der Waals surface area contributed by atoms with Crippen LogP contribution >= 0.6 is 11.6 Å². The molecule has 2 saturated heterocycles. The Morgan fingerprint density at radius 3 is 2.30 bits per heavy atom. The van der Waals surface area contributed by atoms with Crippen molar-refractivity contribution in [2.75, 3.05) is 32.7 Å². The summed E-state index contributed by atoms with van der Waals surface area (Å²) >= 11 is 6.68. The summed E-state index contributed by atoms with van der Waals surface area (Å²) in [5.74, 6) is -1.84. The van der Waals surface area contributed by atoms with Gasteiger partial charge in [0.1, 0.15) is 11.6 Å². The fourth-order valence-corrected chi connectivity index (χ4v) is 8.00. The van der Waals surface area contributed by atoms with E-state index in [-0.39, 0.29) is 34.6 Å². The van der Waals surface area contributed by atoms with Crippen LogP contribution < -0.4 is 5.32 Å². The predicted octanol–water partition coefficient (Wildman–Crippen LogP) is 6.95. The van der Waals surface area contributed by atoms with Crippen LogP contribution in [0.2, 0.25) is 5.02 Å². The van der Waals surface area contributed by atoms with Crippen molar-refractivity contribution in [3.8, 4) is 0 Å². The standard InChI is InChI=1S/C35H46ClF2N3O2/c1-8-39-32(43)34(6,7)28-18-35(27-17-29(36)21(2)15-24(27)28)11-13-40(14-12-35)31(42)26-20-41(33(3,4)5)19-25(26)23-10-9-22(37)16-30(23)38/h9-10,15-17,25-26,28H,8,11-14,18-20H2,1-7H3,(H,39,43)/t25-,26+,28-/m0/s1. The van der Waals surface area contributed by atoms with Crippen LogP contribution in [0, 0.1) is 29.9 Å². The first-order chi connectivity index (χ1) is 20.1. The Morgan fingerprint density at radius 1 is 1.02 bits per heavy atom. The molecule has 234 valence electrons. The zero-order valence-electron chi connectivity index (χ0n) is 26.6. The molecule has 0 radical (unpaired) electrons. The number of hydrogen-bond acceptors (Lipinski definition) is 3. The molecule has 3 atom stereocenters. The first-order valence-corrected chi connectivity index (χ1v) is 16.0. The van der Waals surface area contributed by atoms with E-state index < -0.39 is 23.0 Å². The second-order valence-electron chi connectivity index (χ2n) is 14.6. The normalized spacial score (nSPS) is 24.0. The van der Waals surface area contributed by atoms with E-state index in [1.54, 1.807) is 0 Å². The van der Waals surface area contributed by atoms with Crippen molar-refractivity contribution in [1.29, 1.82) is 0 Å². The minimum atomic E-state index is -0.614. The summed E-state index contributed by atoms with van der Waals surface area (Å²) in [5.41, 5.74) is 2.86. The molecule has 8 heteroatoms. The SMILES string of the molecule is CCNC(=O)C(C)(C)[C@H]1CC2(CCN(C(=O)[C@@H]3CN(C(C)(C)C)C[C@H]3c3ccc(F)cc3F)CC2)c2cc(Cl)c(C)cc21. The van der Waals surface area contributed by atoms with Crippen LogP contribution in [0.5, 0.6) is 0 Å². The largest absolute Gasteiger partial charge is 0.356 e. The number of amides is 2. The number of nitrogens with one attached hydrogen (secondary N) is 1. The van der Waals surface area contributed by atoms with E-state index >= 15 is 4.39 Å². The molecular formula is C35H46ClF2N3O2. The average molecular weight is 614 g/mol. The first-order valence-electron chi connectivity index (χ1n) is 15.7. The van der Waals surface area contributed by atoms with Gasteiger partial charge in [0.25, 0.3) is 0 Å². The highest BCUT2D eigenvalue weighted by molar-refractivity contribution is 6.31. The molecule has 1 aliphatic carbocycles. The number of rotatable bonds is 5. The lowest BCUT2D eigenvalue weighted by molar-refractivity contribution is -0.137. The second kappa shape index (κ2) is 11.4. The number of carbonyl (C=O) groups excluding carboxylic acids is 2. The summed E-state index contributed by atoms with van der Waals surface area (Å²) in [5, 5.41) is 3.76. The van der Waals surface area contributed by atoms with Gasteiger partial charge in [0.2, 0.25) is 11.8 Å². The smallest absolute Gasteiger partial charge is 0.227 e. The van der Waals surface area contributed by atoms with E-state index in [2.05, 4.69) is 43.1 Å². The molecule has 0 saturated carbocycles. The van der Waals surface area contributed by atoms with Gasteiger partial charge in [0.05, 0.1) is 11.3 Å². The Kier molecular flexibility index (Phi) is 8.49. The number of likely N-dealkylation sites (tertiary alicyclic amines) is 2. The van der Waals surface area contributed by atoms with Crippen LogP contribution in [-0.4, -0.2) is 59.9 Å². The van der Waals surface area contributed by atoms with E-state index in [0.29, 0.717) is 38.3 Å². The summed E-state index contributed by atoms with van der Waals surface area (Å²) in [6, 6.07) is 7.97. The Balaban J connectivity index is 1.41. The number of carbonyl (C=O) groups is 2. The van der Waals surface area contributed by atoms with Crippen molar-refractivity contribution < 1.29 is 18.4 Å². The molecule has 2 amide bonds. The Morgan fingerprint density at radius 2 is 1.70 bits per heavy atom. The lowest BCUT2D eigenvalue weighted by Gasteiger charge is -2.42. The Labute approximate surface area is 260 Å². The number of nitrogens with zero attached hydrogens (tertiary/aromatic N) is 2. The van der Waals surface area contributed by atoms with Gasteiger partial charge in [-0.15, -0.1) is 0 Å². The molecule has 2 aromatic carbocycles. The molecule has 1 N–H and O–H groups in total. The van der Waals surface area contributed by atoms with Gasteiger partial charge in [-0.05, 0) is 99.6 Å². The number of fused-ring (bicyclic) bond motifs is 2. The lowest BCUT2D eigenvalue weighted by Crippen LogP contribution is -2.48. The predicted molar refractivity (Wildman–Crippen MR) is 167 cm³/mol. The maximum absolute atomic E-state index is 15.0. The Hall–Kier alpha value is -2.51. The Bertz CT molecular complexity index is 1410. The van der Waals surface area contributed by atoms with E-state index in [1.165, 1.54) is 23.3 Å². The van der Waals surface area contributed by atoms with E-state index in [0.717, 1.165) is 35.9 Å². The molecule has 43 heavy (non-hydrogen) atoms. The van der Waals surface area contributed by atoms with Gasteiger partial charge < -0.3 is 10.2 Å². The van der Waals surface area contributed by atoms with Crippen molar-refractivity contribution in [1.82, 2.24) is 15.1 Å². The van der Waals surface area contributed by atoms with E-state index in [1.807, 2.05) is 32.6 Å². The number of benzene rings is 2. The first kappa shape index (κ1) is 31.9. The lowest BCUT2D eigenvalue weighted by atomic mass is 9.69. The molecule has 3 aliphatic rings. The zero-order chi connectivity index (χ0) is 31.5. The number of piperidine rings is 1. The summed E-state index contributed by atoms with van der Waals surface area (Å²) in [6.45, 7) is 17.2. The van der Waals surface area contributed by atoms with Crippen LogP contribution in [0.3, 0.4) is 0 Å². The average Bonchev–Trinajstić information content (AvgIpc) is 3.50. The molecule has 2 aliphatic heterocycles. The number of aryl methyl sites for hydroxylation is 1. The molecular weight excluding hydrogens is 568 g/mol. The maximum Gasteiger partial charge on any atom is 0.227 e. The molecule has 5 nitrogen and oxygen atoms in total. The fourth-order valence-electron chi connectivity index (χ4n) is 7.83. The van der Waals surface area contributed by atoms with Crippen LogP contribution in [0.1, 0.15) is 94.9 Å². The monoisotopic (exact) mass is 613 g/mol. The van der Waals surface area contributed by atoms with Crippen molar-refractivity contribution >= 4 is 23.4 Å². The molecule has 0 bridgehead atoms. The van der Waals surface area contributed by atoms with Gasteiger partial charge in [-0.3, -0.25) is 14.5 Å². The summed E-state index contributed by atoms with van der Waals surface area (Å²) in [6.07, 6.45) is 2.38. The van der Waals surface area contributed by atoms with Crippen LogP contribution in [0.4, 0.5) is 8.78 Å². The highest BCUT2D eigenvalue weighted by Gasteiger charge is 2.53. The van der Waals surface area contributed by atoms with Gasteiger partial charge >= 0.3 is 0 Å². The topological polar surface area (TPSA) is 52.7 Å². The number of halogens is 3. The van der Waals surface area contributed by atoms with Crippen molar-refractivity contribution in [3.63, 3.8) is 0 Å². The van der Waals surface area contributed by atoms with Gasteiger partial charge in [-0.1, -0.05) is 37.6 Å². The molecule has 5 rings (SSSR count). The van der Waals surface area contributed by atoms with Gasteiger partial charge in [0.15, 0.2) is 0 Å². The summed E-state index contributed by atoms with van der Waals surface area (Å²) < 4.78 is 28.8. The molecule has 2 heterocycles. The molecule has 0 aromatic heterocycles. The zero-order valence-corrected chi connectivity index (χ0v) is 27.4. The maximum atomic E-state index is 15.0. The third-order valence-corrected chi connectivity index (χ3v) is 11.1. The second-order valence-corrected chi connectivity index (χ2v) is 15.0. The van der Waals surface area contributed by atoms with E-state index in [9.17, 15) is 14.0 Å². The fraction of sp³-hybridized carbons (Fsp3) is 0.600. The summed E-state index contributed by atoms with van der Waals surface area (Å²) in [7, 11) is 0.